The first-order valence-electron chi connectivity index (χ1n) is 8.77. The molecule has 2 aromatic carbocycles. The zero-order valence-corrected chi connectivity index (χ0v) is 16.0. The van der Waals surface area contributed by atoms with Gasteiger partial charge in [-0.1, -0.05) is 18.2 Å². The van der Waals surface area contributed by atoms with Crippen molar-refractivity contribution in [2.75, 3.05) is 19.0 Å². The van der Waals surface area contributed by atoms with Gasteiger partial charge in [0.2, 0.25) is 0 Å². The van der Waals surface area contributed by atoms with Gasteiger partial charge in [0, 0.05) is 22.4 Å². The Bertz CT molecular complexity index is 936. The molecule has 0 saturated heterocycles. The second kappa shape index (κ2) is 7.00. The van der Waals surface area contributed by atoms with E-state index in [1.54, 1.807) is 18.4 Å². The molecule has 4 nitrogen and oxygen atoms in total. The first-order chi connectivity index (χ1) is 12.6. The van der Waals surface area contributed by atoms with Gasteiger partial charge < -0.3 is 14.8 Å². The average Bonchev–Trinajstić information content (AvgIpc) is 3.02. The summed E-state index contributed by atoms with van der Waals surface area (Å²) in [7, 11) is 1.71. The molecule has 1 aliphatic heterocycles. The van der Waals surface area contributed by atoms with Gasteiger partial charge in [-0.15, -0.1) is 11.3 Å². The number of anilines is 1. The summed E-state index contributed by atoms with van der Waals surface area (Å²) in [4.78, 5) is 6.13. The van der Waals surface area contributed by atoms with E-state index in [1.807, 2.05) is 24.3 Å². The normalized spacial score (nSPS) is 15.7. The lowest BCUT2D eigenvalue weighted by molar-refractivity contribution is 0.226. The van der Waals surface area contributed by atoms with Crippen molar-refractivity contribution in [1.82, 2.24) is 4.98 Å². The minimum Gasteiger partial charge on any atom is -0.496 e. The van der Waals surface area contributed by atoms with Crippen LogP contribution in [-0.2, 0) is 6.42 Å². The Hall–Kier alpha value is -2.53. The highest BCUT2D eigenvalue weighted by Gasteiger charge is 2.18. The van der Waals surface area contributed by atoms with E-state index < -0.39 is 0 Å². The molecule has 0 bridgehead atoms. The van der Waals surface area contributed by atoms with Crippen molar-refractivity contribution in [3.05, 3.63) is 57.9 Å². The summed E-state index contributed by atoms with van der Waals surface area (Å²) in [5.41, 5.74) is 4.36. The van der Waals surface area contributed by atoms with Crippen molar-refractivity contribution in [2.45, 2.75) is 26.4 Å². The molecule has 1 unspecified atom stereocenters. The summed E-state index contributed by atoms with van der Waals surface area (Å²) in [6.45, 7) is 5.02. The zero-order valence-electron chi connectivity index (χ0n) is 15.2. The van der Waals surface area contributed by atoms with Crippen molar-refractivity contribution in [3.8, 4) is 22.8 Å². The van der Waals surface area contributed by atoms with Crippen LogP contribution >= 0.6 is 11.3 Å². The third-order valence-corrected chi connectivity index (χ3v) is 5.51. The predicted molar refractivity (Wildman–Crippen MR) is 107 cm³/mol. The minimum absolute atomic E-state index is 0.196. The van der Waals surface area contributed by atoms with Gasteiger partial charge in [-0.3, -0.25) is 0 Å². The fourth-order valence-corrected chi connectivity index (χ4v) is 4.22. The number of aromatic nitrogens is 1. The Labute approximate surface area is 157 Å². The lowest BCUT2D eigenvalue weighted by Gasteiger charge is -2.25. The number of para-hydroxylation sites is 1. The molecule has 5 heteroatoms. The first-order valence-corrected chi connectivity index (χ1v) is 9.59. The van der Waals surface area contributed by atoms with Crippen LogP contribution in [-0.4, -0.2) is 24.7 Å². The molecule has 0 amide bonds. The van der Waals surface area contributed by atoms with E-state index in [1.165, 1.54) is 4.88 Å². The summed E-state index contributed by atoms with van der Waals surface area (Å²) < 4.78 is 11.3. The highest BCUT2D eigenvalue weighted by Crippen LogP contribution is 2.36. The number of ether oxygens (including phenoxy) is 2. The topological polar surface area (TPSA) is 43.4 Å². The molecule has 1 aromatic heterocycles. The number of benzene rings is 2. The molecule has 0 saturated carbocycles. The molecule has 1 N–H and O–H groups in total. The second-order valence-corrected chi connectivity index (χ2v) is 7.81. The zero-order chi connectivity index (χ0) is 18.1. The van der Waals surface area contributed by atoms with Crippen LogP contribution in [0.3, 0.4) is 0 Å². The molecule has 1 aliphatic rings. The molecule has 0 fully saturated rings. The van der Waals surface area contributed by atoms with Crippen molar-refractivity contribution >= 4 is 17.0 Å². The number of methoxy groups -OCH3 is 1. The number of nitrogens with zero attached hydrogens (tertiary/aromatic N) is 1. The molecule has 2 heterocycles. The van der Waals surface area contributed by atoms with Crippen LogP contribution in [0.15, 0.2) is 42.5 Å². The highest BCUT2D eigenvalue weighted by atomic mass is 32.1. The molecular weight excluding hydrogens is 344 g/mol. The summed E-state index contributed by atoms with van der Waals surface area (Å²) in [6.07, 6.45) is 0.973. The third kappa shape index (κ3) is 3.27. The van der Waals surface area contributed by atoms with Crippen LogP contribution in [0.2, 0.25) is 0 Å². The van der Waals surface area contributed by atoms with Crippen LogP contribution < -0.4 is 14.8 Å². The van der Waals surface area contributed by atoms with Crippen molar-refractivity contribution in [1.29, 1.82) is 0 Å². The molecule has 26 heavy (non-hydrogen) atoms. The lowest BCUT2D eigenvalue weighted by atomic mass is 10.1. The Morgan fingerprint density at radius 2 is 2.12 bits per heavy atom. The number of aryl methyl sites for hydroxylation is 1. The number of fused-ring (bicyclic) bond motifs is 1. The standard InChI is InChI=1S/C21H22N2O2S/c1-13-12-22-17-10-16(8-9-19(17)25-13)21-14(2)26-20(23-21)11-15-6-4-5-7-18(15)24-3/h4-10,13,22H,11-12H2,1-3H3. The third-order valence-electron chi connectivity index (χ3n) is 4.54. The van der Waals surface area contributed by atoms with Crippen molar-refractivity contribution < 1.29 is 9.47 Å². The molecular formula is C21H22N2O2S. The Morgan fingerprint density at radius 3 is 2.96 bits per heavy atom. The molecule has 0 aliphatic carbocycles. The van der Waals surface area contributed by atoms with Gasteiger partial charge in [0.1, 0.15) is 17.6 Å². The number of rotatable bonds is 4. The van der Waals surface area contributed by atoms with Gasteiger partial charge in [-0.05, 0) is 38.1 Å². The maximum absolute atomic E-state index is 5.87. The van der Waals surface area contributed by atoms with E-state index in [0.717, 1.165) is 52.0 Å². The molecule has 1 atom stereocenters. The average molecular weight is 366 g/mol. The number of hydrogen-bond acceptors (Lipinski definition) is 5. The summed E-state index contributed by atoms with van der Waals surface area (Å²) in [5, 5.41) is 4.53. The highest BCUT2D eigenvalue weighted by molar-refractivity contribution is 7.12. The summed E-state index contributed by atoms with van der Waals surface area (Å²) >= 11 is 1.74. The van der Waals surface area contributed by atoms with Crippen molar-refractivity contribution in [2.24, 2.45) is 0 Å². The van der Waals surface area contributed by atoms with E-state index >= 15 is 0 Å². The van der Waals surface area contributed by atoms with Gasteiger partial charge >= 0.3 is 0 Å². The molecule has 0 spiro atoms. The maximum Gasteiger partial charge on any atom is 0.142 e. The van der Waals surface area contributed by atoms with E-state index in [9.17, 15) is 0 Å². The van der Waals surface area contributed by atoms with E-state index in [0.29, 0.717) is 0 Å². The predicted octanol–water partition coefficient (Wildman–Crippen LogP) is 4.91. The summed E-state index contributed by atoms with van der Waals surface area (Å²) in [5.74, 6) is 1.82. The molecule has 4 rings (SSSR count). The monoisotopic (exact) mass is 366 g/mol. The van der Waals surface area contributed by atoms with Crippen molar-refractivity contribution in [3.63, 3.8) is 0 Å². The van der Waals surface area contributed by atoms with Crippen LogP contribution in [0.1, 0.15) is 22.4 Å². The fourth-order valence-electron chi connectivity index (χ4n) is 3.24. The number of thiazole rings is 1. The van der Waals surface area contributed by atoms with Gasteiger partial charge in [0.05, 0.1) is 30.0 Å². The molecule has 3 aromatic rings. The Balaban J connectivity index is 1.63. The van der Waals surface area contributed by atoms with Crippen LogP contribution in [0.4, 0.5) is 5.69 Å². The largest absolute Gasteiger partial charge is 0.496 e. The SMILES string of the molecule is COc1ccccc1Cc1nc(-c2ccc3c(c2)NCC(C)O3)c(C)s1. The van der Waals surface area contributed by atoms with Crippen LogP contribution in [0.25, 0.3) is 11.3 Å². The lowest BCUT2D eigenvalue weighted by Crippen LogP contribution is -2.27. The minimum atomic E-state index is 0.196. The maximum atomic E-state index is 5.87. The van der Waals surface area contributed by atoms with E-state index in [4.69, 9.17) is 14.5 Å². The quantitative estimate of drug-likeness (QED) is 0.712. The van der Waals surface area contributed by atoms with Gasteiger partial charge in [0.25, 0.3) is 0 Å². The molecule has 0 radical (unpaired) electrons. The summed E-state index contributed by atoms with van der Waals surface area (Å²) in [6, 6.07) is 14.4. The smallest absolute Gasteiger partial charge is 0.142 e. The first kappa shape index (κ1) is 16.9. The van der Waals surface area contributed by atoms with Gasteiger partial charge in [-0.25, -0.2) is 4.98 Å². The molecule has 134 valence electrons. The van der Waals surface area contributed by atoms with E-state index in [2.05, 4.69) is 37.4 Å². The van der Waals surface area contributed by atoms with Gasteiger partial charge in [-0.2, -0.15) is 0 Å². The van der Waals surface area contributed by atoms with Crippen LogP contribution in [0, 0.1) is 6.92 Å². The van der Waals surface area contributed by atoms with E-state index in [-0.39, 0.29) is 6.10 Å². The fraction of sp³-hybridized carbons (Fsp3) is 0.286. The second-order valence-electron chi connectivity index (χ2n) is 6.52. The number of nitrogens with one attached hydrogen (secondary N) is 1. The van der Waals surface area contributed by atoms with Gasteiger partial charge in [0.15, 0.2) is 0 Å². The van der Waals surface area contributed by atoms with Crippen LogP contribution in [0.5, 0.6) is 11.5 Å². The number of hydrogen-bond donors (Lipinski definition) is 1. The Morgan fingerprint density at radius 1 is 1.27 bits per heavy atom. The Kier molecular flexibility index (Phi) is 4.55.